The molecule has 0 saturated heterocycles. The second-order valence-electron chi connectivity index (χ2n) is 5.32. The fraction of sp³-hybridized carbons (Fsp3) is 0.0714. The number of para-hydroxylation sites is 1. The molecule has 0 aliphatic heterocycles. The Kier molecular flexibility index (Phi) is 4.72. The molecule has 28 heavy (non-hydrogen) atoms. The van der Waals surface area contributed by atoms with Crippen LogP contribution in [0.3, 0.4) is 0 Å². The first-order valence-corrected chi connectivity index (χ1v) is 8.79. The first-order chi connectivity index (χ1) is 13.1. The number of H-pyrrole nitrogens is 1. The average molecular weight is 414 g/mol. The van der Waals surface area contributed by atoms with Gasteiger partial charge in [-0.2, -0.15) is 18.4 Å². The maximum absolute atomic E-state index is 12.8. The minimum Gasteiger partial charge on any atom is -0.279 e. The van der Waals surface area contributed by atoms with Crippen molar-refractivity contribution in [3.05, 3.63) is 58.1 Å². The second-order valence-corrected chi connectivity index (χ2v) is 6.97. The van der Waals surface area contributed by atoms with Gasteiger partial charge in [0.25, 0.3) is 15.7 Å². The predicted molar refractivity (Wildman–Crippen MR) is 88.5 cm³/mol. The average Bonchev–Trinajstić information content (AvgIpc) is 3.15. The Balaban J connectivity index is 2.07. The van der Waals surface area contributed by atoms with Crippen LogP contribution in [0.4, 0.5) is 24.5 Å². The lowest BCUT2D eigenvalue weighted by atomic mass is 10.2. The third-order valence-electron chi connectivity index (χ3n) is 3.53. The van der Waals surface area contributed by atoms with Crippen molar-refractivity contribution in [2.45, 2.75) is 11.1 Å². The van der Waals surface area contributed by atoms with E-state index in [1.165, 1.54) is 18.2 Å². The molecule has 2 aromatic carbocycles. The van der Waals surface area contributed by atoms with Crippen LogP contribution in [-0.4, -0.2) is 34.0 Å². The number of aromatic nitrogens is 4. The minimum atomic E-state index is -4.87. The Labute approximate surface area is 154 Å². The summed E-state index contributed by atoms with van der Waals surface area (Å²) in [6.07, 6.45) is -4.87. The molecule has 1 heterocycles. The maximum Gasteiger partial charge on any atom is 0.416 e. The van der Waals surface area contributed by atoms with Crippen LogP contribution in [0, 0.1) is 10.1 Å². The summed E-state index contributed by atoms with van der Waals surface area (Å²) in [7, 11) is -4.61. The van der Waals surface area contributed by atoms with Gasteiger partial charge in [-0.3, -0.25) is 14.8 Å². The van der Waals surface area contributed by atoms with Crippen molar-refractivity contribution < 1.29 is 26.5 Å². The number of hydrogen-bond acceptors (Lipinski definition) is 7. The number of aromatic amines is 1. The fourth-order valence-corrected chi connectivity index (χ4v) is 3.54. The zero-order valence-corrected chi connectivity index (χ0v) is 14.3. The number of nitro benzene ring substituents is 1. The van der Waals surface area contributed by atoms with Gasteiger partial charge in [0, 0.05) is 11.6 Å². The summed E-state index contributed by atoms with van der Waals surface area (Å²) in [6, 6.07) is 6.97. The third-order valence-corrected chi connectivity index (χ3v) is 4.94. The van der Waals surface area contributed by atoms with Gasteiger partial charge in [-0.15, -0.1) is 10.2 Å². The molecule has 0 radical (unpaired) electrons. The van der Waals surface area contributed by atoms with E-state index in [0.717, 1.165) is 0 Å². The van der Waals surface area contributed by atoms with Crippen molar-refractivity contribution in [2.75, 3.05) is 4.72 Å². The number of halogens is 3. The molecule has 0 unspecified atom stereocenters. The molecule has 146 valence electrons. The van der Waals surface area contributed by atoms with Crippen LogP contribution in [0.25, 0.3) is 11.4 Å². The van der Waals surface area contributed by atoms with Crippen molar-refractivity contribution in [1.29, 1.82) is 0 Å². The van der Waals surface area contributed by atoms with E-state index < -0.39 is 37.3 Å². The highest BCUT2D eigenvalue weighted by molar-refractivity contribution is 7.92. The first kappa shape index (κ1) is 19.2. The first-order valence-electron chi connectivity index (χ1n) is 7.31. The molecule has 14 heteroatoms. The highest BCUT2D eigenvalue weighted by Gasteiger charge is 2.35. The summed E-state index contributed by atoms with van der Waals surface area (Å²) in [6.45, 7) is 0. The third kappa shape index (κ3) is 3.75. The Morgan fingerprint density at radius 2 is 1.86 bits per heavy atom. The Bertz CT molecular complexity index is 1130. The maximum atomic E-state index is 12.8. The van der Waals surface area contributed by atoms with Crippen LogP contribution in [0.2, 0.25) is 0 Å². The number of nitrogens with zero attached hydrogens (tertiary/aromatic N) is 4. The summed E-state index contributed by atoms with van der Waals surface area (Å²) >= 11 is 0. The number of nitrogens with one attached hydrogen (secondary N) is 2. The van der Waals surface area contributed by atoms with E-state index in [1.54, 1.807) is 6.07 Å². The molecule has 1 aromatic heterocycles. The van der Waals surface area contributed by atoms with Crippen LogP contribution < -0.4 is 4.72 Å². The van der Waals surface area contributed by atoms with Gasteiger partial charge in [0.2, 0.25) is 5.82 Å². The topological polar surface area (TPSA) is 144 Å². The highest BCUT2D eigenvalue weighted by atomic mass is 32.2. The van der Waals surface area contributed by atoms with Crippen molar-refractivity contribution in [3.63, 3.8) is 0 Å². The van der Waals surface area contributed by atoms with E-state index in [-0.39, 0.29) is 23.1 Å². The smallest absolute Gasteiger partial charge is 0.279 e. The molecule has 0 aliphatic carbocycles. The lowest BCUT2D eigenvalue weighted by Crippen LogP contribution is -2.16. The molecule has 0 fully saturated rings. The number of hydrogen-bond donors (Lipinski definition) is 2. The number of anilines is 1. The monoisotopic (exact) mass is 414 g/mol. The summed E-state index contributed by atoms with van der Waals surface area (Å²) in [5, 5.41) is 24.2. The molecule has 3 aromatic rings. The van der Waals surface area contributed by atoms with Gasteiger partial charge in [-0.25, -0.2) is 8.42 Å². The van der Waals surface area contributed by atoms with Gasteiger partial charge in [-0.1, -0.05) is 12.1 Å². The minimum absolute atomic E-state index is 0.0419. The standard InChI is InChI=1S/C14H9F3N6O4S/c15-14(16,17)8-5-6-12(11(7-8)23(24)25)28(26,27)20-10-4-2-1-3-9(10)13-18-21-22-19-13/h1-7,20H,(H,18,19,21,22). The Morgan fingerprint density at radius 3 is 2.46 bits per heavy atom. The van der Waals surface area contributed by atoms with Gasteiger partial charge in [0.05, 0.1) is 16.2 Å². The molecule has 0 bridgehead atoms. The lowest BCUT2D eigenvalue weighted by Gasteiger charge is -2.12. The predicted octanol–water partition coefficient (Wildman–Crippen LogP) is 2.59. The van der Waals surface area contributed by atoms with E-state index >= 15 is 0 Å². The number of alkyl halides is 3. The van der Waals surface area contributed by atoms with Gasteiger partial charge in [-0.05, 0) is 29.5 Å². The van der Waals surface area contributed by atoms with E-state index in [4.69, 9.17) is 0 Å². The number of sulfonamides is 1. The molecule has 3 rings (SSSR count). The molecule has 0 aliphatic rings. The van der Waals surface area contributed by atoms with Crippen LogP contribution >= 0.6 is 0 Å². The summed E-state index contributed by atoms with van der Waals surface area (Å²) in [4.78, 5) is 9.05. The van der Waals surface area contributed by atoms with Crippen LogP contribution in [0.15, 0.2) is 47.4 Å². The molecule has 10 nitrogen and oxygen atoms in total. The van der Waals surface area contributed by atoms with E-state index in [0.29, 0.717) is 12.1 Å². The normalized spacial score (nSPS) is 12.0. The number of tetrazole rings is 1. The van der Waals surface area contributed by atoms with Crippen molar-refractivity contribution in [2.24, 2.45) is 0 Å². The second kappa shape index (κ2) is 6.88. The van der Waals surface area contributed by atoms with Gasteiger partial charge >= 0.3 is 6.18 Å². The summed E-state index contributed by atoms with van der Waals surface area (Å²) in [5.74, 6) is 0.0419. The number of nitro groups is 1. The van der Waals surface area contributed by atoms with Crippen LogP contribution in [0.5, 0.6) is 0 Å². The molecule has 0 atom stereocenters. The van der Waals surface area contributed by atoms with E-state index in [2.05, 4.69) is 25.3 Å². The number of rotatable bonds is 5. The largest absolute Gasteiger partial charge is 0.416 e. The molecule has 0 spiro atoms. The zero-order valence-electron chi connectivity index (χ0n) is 13.5. The fourth-order valence-electron chi connectivity index (χ4n) is 2.31. The summed E-state index contributed by atoms with van der Waals surface area (Å²) < 4.78 is 65.8. The lowest BCUT2D eigenvalue weighted by molar-refractivity contribution is -0.388. The molecule has 0 saturated carbocycles. The quantitative estimate of drug-likeness (QED) is 0.482. The van der Waals surface area contributed by atoms with Crippen LogP contribution in [-0.2, 0) is 16.2 Å². The SMILES string of the molecule is O=[N+]([O-])c1cc(C(F)(F)F)ccc1S(=O)(=O)Nc1ccccc1-c1nn[nH]n1. The van der Waals surface area contributed by atoms with E-state index in [1.807, 2.05) is 0 Å². The van der Waals surface area contributed by atoms with Gasteiger partial charge < -0.3 is 0 Å². The molecule has 2 N–H and O–H groups in total. The van der Waals surface area contributed by atoms with E-state index in [9.17, 15) is 31.7 Å². The Hall–Kier alpha value is -3.55. The van der Waals surface area contributed by atoms with Crippen LogP contribution in [0.1, 0.15) is 5.56 Å². The highest BCUT2D eigenvalue weighted by Crippen LogP contribution is 2.35. The molecular formula is C14H9F3N6O4S. The zero-order chi connectivity index (χ0) is 20.5. The van der Waals surface area contributed by atoms with Gasteiger partial charge in [0.15, 0.2) is 4.90 Å². The van der Waals surface area contributed by atoms with Crippen molar-refractivity contribution in [3.8, 4) is 11.4 Å². The summed E-state index contributed by atoms with van der Waals surface area (Å²) in [5.41, 5.74) is -2.39. The number of benzene rings is 2. The molecular weight excluding hydrogens is 405 g/mol. The van der Waals surface area contributed by atoms with Crippen molar-refractivity contribution in [1.82, 2.24) is 20.6 Å². The molecule has 0 amide bonds. The Morgan fingerprint density at radius 1 is 1.14 bits per heavy atom. The van der Waals surface area contributed by atoms with Crippen molar-refractivity contribution >= 4 is 21.4 Å². The van der Waals surface area contributed by atoms with Gasteiger partial charge in [0.1, 0.15) is 0 Å².